The molecule has 0 bridgehead atoms. The second kappa shape index (κ2) is 10.1. The van der Waals surface area contributed by atoms with Crippen molar-refractivity contribution in [3.63, 3.8) is 0 Å². The molecule has 0 radical (unpaired) electrons. The summed E-state index contributed by atoms with van der Waals surface area (Å²) in [4.78, 5) is 11.9. The van der Waals surface area contributed by atoms with Gasteiger partial charge in [0.05, 0.1) is 5.92 Å². The Hall–Kier alpha value is -0.830. The molecule has 1 atom stereocenters. The number of hydrogen-bond acceptors (Lipinski definition) is 1. The number of rotatable bonds is 7. The lowest BCUT2D eigenvalue weighted by Crippen LogP contribution is -2.32. The molecule has 0 aromatic heterocycles. The predicted octanol–water partition coefficient (Wildman–Crippen LogP) is 7.11. The minimum Gasteiger partial charge on any atom is -0.481 e. The predicted molar refractivity (Wildman–Crippen MR) is 115 cm³/mol. The van der Waals surface area contributed by atoms with Crippen molar-refractivity contribution in [2.24, 2.45) is 29.6 Å². The first-order valence-electron chi connectivity index (χ1n) is 11.0. The quantitative estimate of drug-likeness (QED) is 0.496. The van der Waals surface area contributed by atoms with Crippen molar-refractivity contribution < 1.29 is 9.90 Å². The molecule has 1 aromatic carbocycles. The molecular formula is C24H35BrO2. The van der Waals surface area contributed by atoms with E-state index >= 15 is 0 Å². The van der Waals surface area contributed by atoms with Crippen LogP contribution in [0.1, 0.15) is 76.7 Å². The average Bonchev–Trinajstić information content (AvgIpc) is 2.68. The van der Waals surface area contributed by atoms with Crippen LogP contribution in [-0.4, -0.2) is 11.1 Å². The van der Waals surface area contributed by atoms with Gasteiger partial charge in [-0.2, -0.15) is 0 Å². The van der Waals surface area contributed by atoms with Gasteiger partial charge in [0.1, 0.15) is 0 Å². The summed E-state index contributed by atoms with van der Waals surface area (Å²) in [5, 5.41) is 9.83. The summed E-state index contributed by atoms with van der Waals surface area (Å²) in [6, 6.07) is 8.14. The van der Waals surface area contributed by atoms with Gasteiger partial charge in [-0.15, -0.1) is 0 Å². The van der Waals surface area contributed by atoms with Gasteiger partial charge in [0.15, 0.2) is 0 Å². The molecule has 0 heterocycles. The highest BCUT2D eigenvalue weighted by molar-refractivity contribution is 9.10. The molecule has 0 amide bonds. The summed E-state index contributed by atoms with van der Waals surface area (Å²) in [7, 11) is 0. The van der Waals surface area contributed by atoms with E-state index < -0.39 is 5.97 Å². The summed E-state index contributed by atoms with van der Waals surface area (Å²) in [5.74, 6) is 2.25. The van der Waals surface area contributed by atoms with Crippen LogP contribution < -0.4 is 0 Å². The van der Waals surface area contributed by atoms with Crippen LogP contribution in [0.2, 0.25) is 0 Å². The van der Waals surface area contributed by atoms with Crippen molar-refractivity contribution in [1.82, 2.24) is 0 Å². The molecular weight excluding hydrogens is 400 g/mol. The maximum atomic E-state index is 11.9. The first kappa shape index (κ1) is 20.9. The molecule has 150 valence electrons. The van der Waals surface area contributed by atoms with E-state index in [2.05, 4.69) is 35.0 Å². The van der Waals surface area contributed by atoms with Crippen molar-refractivity contribution in [3.8, 4) is 0 Å². The lowest BCUT2D eigenvalue weighted by Gasteiger charge is -2.39. The SMILES string of the molecule is CCCC1CCC(C2CCC(C(Cc3ccc(Br)cc3)C(=O)O)CC2)CC1. The van der Waals surface area contributed by atoms with Crippen LogP contribution in [0, 0.1) is 29.6 Å². The van der Waals surface area contributed by atoms with Gasteiger partial charge in [0.25, 0.3) is 0 Å². The Morgan fingerprint density at radius 2 is 1.56 bits per heavy atom. The Kier molecular flexibility index (Phi) is 7.81. The molecule has 1 unspecified atom stereocenters. The van der Waals surface area contributed by atoms with Gasteiger partial charge in [0.2, 0.25) is 0 Å². The minimum atomic E-state index is -0.610. The standard InChI is InChI=1S/C24H35BrO2/c1-2-3-17-4-8-19(9-5-17)20-10-12-21(13-11-20)23(24(26)27)16-18-6-14-22(25)15-7-18/h6-7,14-15,17,19-21,23H,2-5,8-13,16H2,1H3,(H,26,27). The maximum absolute atomic E-state index is 11.9. The third kappa shape index (κ3) is 5.82. The molecule has 27 heavy (non-hydrogen) atoms. The second-order valence-corrected chi connectivity index (χ2v) is 9.94. The van der Waals surface area contributed by atoms with Gasteiger partial charge in [-0.05, 0) is 86.3 Å². The van der Waals surface area contributed by atoms with Gasteiger partial charge in [-0.3, -0.25) is 4.79 Å². The Morgan fingerprint density at radius 3 is 2.07 bits per heavy atom. The lowest BCUT2D eigenvalue weighted by molar-refractivity contribution is -0.144. The average molecular weight is 435 g/mol. The van der Waals surface area contributed by atoms with Crippen LogP contribution in [0.5, 0.6) is 0 Å². The van der Waals surface area contributed by atoms with E-state index in [4.69, 9.17) is 0 Å². The van der Waals surface area contributed by atoms with Crippen molar-refractivity contribution in [2.75, 3.05) is 0 Å². The monoisotopic (exact) mass is 434 g/mol. The van der Waals surface area contributed by atoms with Crippen molar-refractivity contribution in [3.05, 3.63) is 34.3 Å². The van der Waals surface area contributed by atoms with Gasteiger partial charge in [-0.1, -0.05) is 60.7 Å². The Labute approximate surface area is 173 Å². The van der Waals surface area contributed by atoms with E-state index in [1.54, 1.807) is 0 Å². The molecule has 2 aliphatic rings. The highest BCUT2D eigenvalue weighted by atomic mass is 79.9. The summed E-state index contributed by atoms with van der Waals surface area (Å²) in [6.45, 7) is 2.31. The summed E-state index contributed by atoms with van der Waals surface area (Å²) in [6.07, 6.45) is 13.8. The first-order chi connectivity index (χ1) is 13.1. The fourth-order valence-electron chi connectivity index (χ4n) is 5.71. The molecule has 0 saturated heterocycles. The molecule has 2 aliphatic carbocycles. The third-order valence-electron chi connectivity index (χ3n) is 7.33. The van der Waals surface area contributed by atoms with E-state index in [-0.39, 0.29) is 5.92 Å². The van der Waals surface area contributed by atoms with Crippen LogP contribution in [0.4, 0.5) is 0 Å². The number of aliphatic carboxylic acids is 1. The fraction of sp³-hybridized carbons (Fsp3) is 0.708. The second-order valence-electron chi connectivity index (χ2n) is 9.02. The zero-order valence-electron chi connectivity index (χ0n) is 16.7. The van der Waals surface area contributed by atoms with E-state index in [1.165, 1.54) is 51.4 Å². The van der Waals surface area contributed by atoms with E-state index in [0.29, 0.717) is 12.3 Å². The number of carboxylic acids is 1. The van der Waals surface area contributed by atoms with Crippen LogP contribution in [-0.2, 0) is 11.2 Å². The van der Waals surface area contributed by atoms with Crippen LogP contribution in [0.3, 0.4) is 0 Å². The third-order valence-corrected chi connectivity index (χ3v) is 7.86. The van der Waals surface area contributed by atoms with E-state index in [1.807, 2.05) is 12.1 Å². The fourth-order valence-corrected chi connectivity index (χ4v) is 5.97. The smallest absolute Gasteiger partial charge is 0.307 e. The number of carboxylic acid groups (broad SMARTS) is 1. The summed E-state index contributed by atoms with van der Waals surface area (Å²) in [5.41, 5.74) is 1.14. The van der Waals surface area contributed by atoms with Gasteiger partial charge in [0, 0.05) is 4.47 Å². The first-order valence-corrected chi connectivity index (χ1v) is 11.8. The molecule has 2 nitrogen and oxygen atoms in total. The molecule has 0 aliphatic heterocycles. The zero-order chi connectivity index (χ0) is 19.2. The number of hydrogen-bond donors (Lipinski definition) is 1. The molecule has 2 fully saturated rings. The van der Waals surface area contributed by atoms with Crippen LogP contribution in [0.15, 0.2) is 28.7 Å². The van der Waals surface area contributed by atoms with Crippen molar-refractivity contribution in [2.45, 2.75) is 77.6 Å². The van der Waals surface area contributed by atoms with Gasteiger partial charge >= 0.3 is 5.97 Å². The van der Waals surface area contributed by atoms with Crippen LogP contribution in [0.25, 0.3) is 0 Å². The molecule has 3 heteroatoms. The maximum Gasteiger partial charge on any atom is 0.307 e. The number of halogens is 1. The Balaban J connectivity index is 1.50. The molecule has 2 saturated carbocycles. The molecule has 0 spiro atoms. The Bertz CT molecular complexity index is 581. The highest BCUT2D eigenvalue weighted by Crippen LogP contribution is 2.44. The molecule has 1 aromatic rings. The topological polar surface area (TPSA) is 37.3 Å². The van der Waals surface area contributed by atoms with Crippen molar-refractivity contribution in [1.29, 1.82) is 0 Å². The van der Waals surface area contributed by atoms with Crippen molar-refractivity contribution >= 4 is 21.9 Å². The Morgan fingerprint density at radius 1 is 1.00 bits per heavy atom. The number of carbonyl (C=O) groups is 1. The lowest BCUT2D eigenvalue weighted by atomic mass is 9.66. The van der Waals surface area contributed by atoms with Gasteiger partial charge < -0.3 is 5.11 Å². The van der Waals surface area contributed by atoms with Gasteiger partial charge in [-0.25, -0.2) is 0 Å². The van der Waals surface area contributed by atoms with E-state index in [0.717, 1.165) is 40.6 Å². The summed E-state index contributed by atoms with van der Waals surface area (Å²) >= 11 is 3.46. The normalized spacial score (nSPS) is 30.0. The van der Waals surface area contributed by atoms with E-state index in [9.17, 15) is 9.90 Å². The highest BCUT2D eigenvalue weighted by Gasteiger charge is 2.35. The minimum absolute atomic E-state index is 0.229. The molecule has 3 rings (SSSR count). The largest absolute Gasteiger partial charge is 0.481 e. The summed E-state index contributed by atoms with van der Waals surface area (Å²) < 4.78 is 1.05. The zero-order valence-corrected chi connectivity index (χ0v) is 18.3. The number of benzene rings is 1. The molecule has 1 N–H and O–H groups in total. The van der Waals surface area contributed by atoms with Crippen LogP contribution >= 0.6 is 15.9 Å².